The lowest BCUT2D eigenvalue weighted by molar-refractivity contribution is 0.150. The molecule has 1 atom stereocenters. The molecule has 0 aliphatic carbocycles. The summed E-state index contributed by atoms with van der Waals surface area (Å²) in [4.78, 5) is 16.4. The standard InChI is InChI=1S/C14H13FN4O2/c1-18-13-10(6-17-18)14(21)19(8-16-13)7-12(20)9-4-2-3-5-11(9)15/h2-6,8,12,20H,7H2,1H3/t12-/m1/s1. The number of aromatic nitrogens is 4. The molecule has 3 rings (SSSR count). The fourth-order valence-electron chi connectivity index (χ4n) is 2.23. The fourth-order valence-corrected chi connectivity index (χ4v) is 2.23. The van der Waals surface area contributed by atoms with Gasteiger partial charge in [0.25, 0.3) is 5.56 Å². The fraction of sp³-hybridized carbons (Fsp3) is 0.214. The Labute approximate surface area is 119 Å². The zero-order chi connectivity index (χ0) is 15.0. The summed E-state index contributed by atoms with van der Waals surface area (Å²) >= 11 is 0. The van der Waals surface area contributed by atoms with E-state index in [1.807, 2.05) is 0 Å². The van der Waals surface area contributed by atoms with E-state index in [9.17, 15) is 14.3 Å². The second kappa shape index (κ2) is 5.10. The van der Waals surface area contributed by atoms with Gasteiger partial charge < -0.3 is 5.11 Å². The van der Waals surface area contributed by atoms with Crippen LogP contribution in [0.2, 0.25) is 0 Å². The Bertz CT molecular complexity index is 856. The Balaban J connectivity index is 1.97. The summed E-state index contributed by atoms with van der Waals surface area (Å²) in [5, 5.41) is 14.4. The number of hydrogen-bond acceptors (Lipinski definition) is 4. The third kappa shape index (κ3) is 2.31. The van der Waals surface area contributed by atoms with Gasteiger partial charge in [0.05, 0.1) is 18.8 Å². The van der Waals surface area contributed by atoms with Crippen molar-refractivity contribution in [2.24, 2.45) is 7.05 Å². The van der Waals surface area contributed by atoms with E-state index in [0.717, 1.165) is 0 Å². The quantitative estimate of drug-likeness (QED) is 0.780. The van der Waals surface area contributed by atoms with Crippen LogP contribution < -0.4 is 5.56 Å². The van der Waals surface area contributed by atoms with E-state index in [-0.39, 0.29) is 17.7 Å². The molecule has 0 bridgehead atoms. The highest BCUT2D eigenvalue weighted by Crippen LogP contribution is 2.18. The topological polar surface area (TPSA) is 72.9 Å². The monoisotopic (exact) mass is 288 g/mol. The lowest BCUT2D eigenvalue weighted by Gasteiger charge is -2.13. The Morgan fingerprint density at radius 2 is 2.14 bits per heavy atom. The summed E-state index contributed by atoms with van der Waals surface area (Å²) in [6, 6.07) is 5.93. The summed E-state index contributed by atoms with van der Waals surface area (Å²) in [6.07, 6.45) is 1.63. The second-order valence-electron chi connectivity index (χ2n) is 4.74. The summed E-state index contributed by atoms with van der Waals surface area (Å²) in [6.45, 7) is -0.0718. The SMILES string of the molecule is Cn1ncc2c(=O)n(C[C@@H](O)c3ccccc3F)cnc21. The van der Waals surface area contributed by atoms with Crippen molar-refractivity contribution in [3.63, 3.8) is 0 Å². The van der Waals surface area contributed by atoms with Crippen LogP contribution in [0.1, 0.15) is 11.7 Å². The van der Waals surface area contributed by atoms with Crippen LogP contribution in [-0.4, -0.2) is 24.4 Å². The van der Waals surface area contributed by atoms with E-state index in [4.69, 9.17) is 0 Å². The molecule has 0 spiro atoms. The van der Waals surface area contributed by atoms with Crippen molar-refractivity contribution in [2.75, 3.05) is 0 Å². The van der Waals surface area contributed by atoms with Gasteiger partial charge in [0, 0.05) is 12.6 Å². The van der Waals surface area contributed by atoms with Crippen molar-refractivity contribution < 1.29 is 9.50 Å². The first-order valence-electron chi connectivity index (χ1n) is 6.37. The van der Waals surface area contributed by atoms with Crippen molar-refractivity contribution in [3.05, 3.63) is 58.5 Å². The predicted octanol–water partition coefficient (Wildman–Crippen LogP) is 1.00. The van der Waals surface area contributed by atoms with Gasteiger partial charge in [0.2, 0.25) is 0 Å². The molecule has 0 unspecified atom stereocenters. The zero-order valence-electron chi connectivity index (χ0n) is 11.3. The minimum Gasteiger partial charge on any atom is -0.386 e. The number of benzene rings is 1. The van der Waals surface area contributed by atoms with E-state index in [1.54, 1.807) is 19.2 Å². The number of aryl methyl sites for hydroxylation is 1. The van der Waals surface area contributed by atoms with Crippen LogP contribution in [0.25, 0.3) is 11.0 Å². The highest BCUT2D eigenvalue weighted by molar-refractivity contribution is 5.72. The first-order chi connectivity index (χ1) is 10.1. The van der Waals surface area contributed by atoms with E-state index in [2.05, 4.69) is 10.1 Å². The van der Waals surface area contributed by atoms with Gasteiger partial charge in [-0.05, 0) is 6.07 Å². The van der Waals surface area contributed by atoms with Crippen LogP contribution in [0, 0.1) is 5.82 Å². The summed E-state index contributed by atoms with van der Waals surface area (Å²) in [7, 11) is 1.69. The first kappa shape index (κ1) is 13.4. The van der Waals surface area contributed by atoms with E-state index in [1.165, 1.54) is 33.9 Å². The Kier molecular flexibility index (Phi) is 3.26. The van der Waals surface area contributed by atoms with Gasteiger partial charge in [-0.1, -0.05) is 18.2 Å². The van der Waals surface area contributed by atoms with E-state index < -0.39 is 11.9 Å². The molecule has 6 nitrogen and oxygen atoms in total. The van der Waals surface area contributed by atoms with Gasteiger partial charge in [0.1, 0.15) is 17.5 Å². The molecule has 2 heterocycles. The van der Waals surface area contributed by atoms with Gasteiger partial charge in [-0.3, -0.25) is 14.0 Å². The average molecular weight is 288 g/mol. The average Bonchev–Trinajstić information content (AvgIpc) is 2.84. The van der Waals surface area contributed by atoms with Crippen LogP contribution in [0.15, 0.2) is 41.6 Å². The van der Waals surface area contributed by atoms with Crippen LogP contribution in [0.5, 0.6) is 0 Å². The Morgan fingerprint density at radius 3 is 2.90 bits per heavy atom. The molecular formula is C14H13FN4O2. The smallest absolute Gasteiger partial charge is 0.264 e. The zero-order valence-corrected chi connectivity index (χ0v) is 11.3. The lowest BCUT2D eigenvalue weighted by Crippen LogP contribution is -2.24. The van der Waals surface area contributed by atoms with Crippen LogP contribution in [-0.2, 0) is 13.6 Å². The second-order valence-corrected chi connectivity index (χ2v) is 4.74. The van der Waals surface area contributed by atoms with Crippen molar-refractivity contribution in [3.8, 4) is 0 Å². The van der Waals surface area contributed by atoms with Crippen molar-refractivity contribution in [2.45, 2.75) is 12.6 Å². The first-order valence-corrected chi connectivity index (χ1v) is 6.37. The number of nitrogens with zero attached hydrogens (tertiary/aromatic N) is 4. The predicted molar refractivity (Wildman–Crippen MR) is 74.1 cm³/mol. The van der Waals surface area contributed by atoms with Crippen LogP contribution >= 0.6 is 0 Å². The highest BCUT2D eigenvalue weighted by Gasteiger charge is 2.15. The molecular weight excluding hydrogens is 275 g/mol. The Morgan fingerprint density at radius 1 is 1.38 bits per heavy atom. The molecule has 1 aromatic carbocycles. The molecule has 21 heavy (non-hydrogen) atoms. The molecule has 1 N–H and O–H groups in total. The summed E-state index contributed by atoms with van der Waals surface area (Å²) < 4.78 is 16.4. The van der Waals surface area contributed by atoms with Crippen molar-refractivity contribution in [1.82, 2.24) is 19.3 Å². The number of hydrogen-bond donors (Lipinski definition) is 1. The third-order valence-electron chi connectivity index (χ3n) is 3.35. The maximum Gasteiger partial charge on any atom is 0.264 e. The molecule has 0 saturated heterocycles. The van der Waals surface area contributed by atoms with Crippen LogP contribution in [0.4, 0.5) is 4.39 Å². The minimum absolute atomic E-state index is 0.0718. The van der Waals surface area contributed by atoms with Gasteiger partial charge in [-0.15, -0.1) is 0 Å². The molecule has 0 amide bonds. The molecule has 0 saturated carbocycles. The maximum atomic E-state index is 13.6. The number of rotatable bonds is 3. The number of fused-ring (bicyclic) bond motifs is 1. The lowest BCUT2D eigenvalue weighted by atomic mass is 10.1. The molecule has 108 valence electrons. The molecule has 0 radical (unpaired) electrons. The van der Waals surface area contributed by atoms with Crippen molar-refractivity contribution in [1.29, 1.82) is 0 Å². The number of aliphatic hydroxyl groups excluding tert-OH is 1. The Hall–Kier alpha value is -2.54. The minimum atomic E-state index is -1.13. The van der Waals surface area contributed by atoms with Gasteiger partial charge in [-0.2, -0.15) is 5.10 Å². The maximum absolute atomic E-state index is 13.6. The molecule has 0 aliphatic heterocycles. The largest absolute Gasteiger partial charge is 0.386 e. The summed E-state index contributed by atoms with van der Waals surface area (Å²) in [5.74, 6) is -0.506. The molecule has 0 fully saturated rings. The van der Waals surface area contributed by atoms with E-state index in [0.29, 0.717) is 11.0 Å². The van der Waals surface area contributed by atoms with Gasteiger partial charge in [0.15, 0.2) is 5.65 Å². The normalized spacial score (nSPS) is 12.7. The molecule has 7 heteroatoms. The van der Waals surface area contributed by atoms with Gasteiger partial charge >= 0.3 is 0 Å². The molecule has 0 aliphatic rings. The van der Waals surface area contributed by atoms with Crippen molar-refractivity contribution >= 4 is 11.0 Å². The highest BCUT2D eigenvalue weighted by atomic mass is 19.1. The molecule has 3 aromatic rings. The molecule has 2 aromatic heterocycles. The van der Waals surface area contributed by atoms with Gasteiger partial charge in [-0.25, -0.2) is 9.37 Å². The number of aliphatic hydroxyl groups is 1. The number of halogens is 1. The summed E-state index contributed by atoms with van der Waals surface area (Å²) in [5.41, 5.74) is 0.302. The third-order valence-corrected chi connectivity index (χ3v) is 3.35. The van der Waals surface area contributed by atoms with Crippen LogP contribution in [0.3, 0.4) is 0 Å². The van der Waals surface area contributed by atoms with E-state index >= 15 is 0 Å².